The van der Waals surface area contributed by atoms with Crippen molar-refractivity contribution in [2.24, 2.45) is 5.92 Å². The average molecular weight is 695 g/mol. The number of sulfone groups is 1. The summed E-state index contributed by atoms with van der Waals surface area (Å²) < 4.78 is 65.7. The zero-order valence-electron chi connectivity index (χ0n) is 29.0. The molecule has 0 bridgehead atoms. The van der Waals surface area contributed by atoms with Crippen molar-refractivity contribution in [2.45, 2.75) is 43.0 Å². The van der Waals surface area contributed by atoms with Crippen LogP contribution in [-0.2, 0) is 21.1 Å². The molecule has 12 heteroatoms. The first-order valence-corrected chi connectivity index (χ1v) is 17.9. The SMILES string of the molecule is COc1cc(CCN2CCN(CC#CCOc3ccc(F)cc3C3(C(C)C)N([O-])C(C)c4ccccc4S3(=O)=O)CC2)cc(OC)c1OC. The van der Waals surface area contributed by atoms with Gasteiger partial charge >= 0.3 is 0 Å². The fourth-order valence-electron chi connectivity index (χ4n) is 6.89. The molecule has 0 spiro atoms. The van der Waals surface area contributed by atoms with Crippen molar-refractivity contribution >= 4 is 9.84 Å². The number of piperazine rings is 1. The van der Waals surface area contributed by atoms with Gasteiger partial charge in [-0.3, -0.25) is 4.90 Å². The van der Waals surface area contributed by atoms with Crippen molar-refractivity contribution in [1.29, 1.82) is 0 Å². The number of hydrogen-bond donors (Lipinski definition) is 0. The molecule has 2 atom stereocenters. The highest BCUT2D eigenvalue weighted by atomic mass is 32.2. The van der Waals surface area contributed by atoms with Crippen LogP contribution in [0.15, 0.2) is 59.5 Å². The van der Waals surface area contributed by atoms with Crippen molar-refractivity contribution in [2.75, 3.05) is 67.2 Å². The van der Waals surface area contributed by atoms with Gasteiger partial charge in [0, 0.05) is 44.3 Å². The molecule has 0 aliphatic carbocycles. The van der Waals surface area contributed by atoms with E-state index in [1.165, 1.54) is 18.2 Å². The predicted octanol–water partition coefficient (Wildman–Crippen LogP) is 5.25. The van der Waals surface area contributed by atoms with E-state index < -0.39 is 32.5 Å². The van der Waals surface area contributed by atoms with E-state index in [2.05, 4.69) is 21.6 Å². The van der Waals surface area contributed by atoms with Crippen LogP contribution in [0.5, 0.6) is 23.0 Å². The van der Waals surface area contributed by atoms with E-state index in [1.54, 1.807) is 60.3 Å². The molecule has 0 aromatic heterocycles. The zero-order valence-corrected chi connectivity index (χ0v) is 29.8. The van der Waals surface area contributed by atoms with E-state index in [0.717, 1.165) is 50.8 Å². The fraction of sp³-hybridized carbons (Fsp3) is 0.459. The van der Waals surface area contributed by atoms with Gasteiger partial charge in [-0.2, -0.15) is 0 Å². The van der Waals surface area contributed by atoms with E-state index in [1.807, 2.05) is 12.1 Å². The van der Waals surface area contributed by atoms with Gasteiger partial charge in [0.05, 0.1) is 32.8 Å². The summed E-state index contributed by atoms with van der Waals surface area (Å²) in [7, 11) is 0.521. The van der Waals surface area contributed by atoms with Crippen LogP contribution >= 0.6 is 0 Å². The average Bonchev–Trinajstić information content (AvgIpc) is 3.10. The Morgan fingerprint density at radius 3 is 2.20 bits per heavy atom. The van der Waals surface area contributed by atoms with Gasteiger partial charge < -0.3 is 34.1 Å². The summed E-state index contributed by atoms with van der Waals surface area (Å²) in [6.45, 7) is 9.90. The van der Waals surface area contributed by atoms with E-state index >= 15 is 0 Å². The maximum absolute atomic E-state index is 14.8. The number of hydrogen-bond acceptors (Lipinski definition) is 10. The Hall–Kier alpha value is -3.86. The Kier molecular flexibility index (Phi) is 11.4. The van der Waals surface area contributed by atoms with Crippen molar-refractivity contribution in [3.05, 3.63) is 82.3 Å². The molecule has 3 aromatic carbocycles. The molecule has 264 valence electrons. The lowest BCUT2D eigenvalue weighted by Crippen LogP contribution is -2.56. The minimum absolute atomic E-state index is 0.0247. The lowest BCUT2D eigenvalue weighted by molar-refractivity contribution is 0.116. The highest BCUT2D eigenvalue weighted by Crippen LogP contribution is 2.54. The van der Waals surface area contributed by atoms with Crippen LogP contribution in [0.3, 0.4) is 0 Å². The maximum atomic E-state index is 14.8. The molecule has 49 heavy (non-hydrogen) atoms. The Labute approximate surface area is 289 Å². The number of fused-ring (bicyclic) bond motifs is 1. The molecular weight excluding hydrogens is 649 g/mol. The molecule has 0 N–H and O–H groups in total. The normalized spacial score (nSPS) is 21.0. The Bertz CT molecular complexity index is 1780. The third kappa shape index (κ3) is 6.96. The topological polar surface area (TPSA) is 104 Å². The van der Waals surface area contributed by atoms with Gasteiger partial charge in [0.2, 0.25) is 15.6 Å². The molecule has 10 nitrogen and oxygen atoms in total. The van der Waals surface area contributed by atoms with Crippen LogP contribution in [0.4, 0.5) is 4.39 Å². The predicted molar refractivity (Wildman–Crippen MR) is 186 cm³/mol. The van der Waals surface area contributed by atoms with E-state index in [-0.39, 0.29) is 22.8 Å². The summed E-state index contributed by atoms with van der Waals surface area (Å²) in [5.41, 5.74) is 1.50. The van der Waals surface area contributed by atoms with Gasteiger partial charge in [-0.1, -0.05) is 43.9 Å². The van der Waals surface area contributed by atoms with E-state index in [9.17, 15) is 18.0 Å². The molecule has 0 saturated carbocycles. The van der Waals surface area contributed by atoms with Gasteiger partial charge in [0.25, 0.3) is 0 Å². The molecule has 2 unspecified atom stereocenters. The van der Waals surface area contributed by atoms with Gasteiger partial charge in [-0.25, -0.2) is 12.8 Å². The zero-order chi connectivity index (χ0) is 35.3. The van der Waals surface area contributed by atoms with Crippen LogP contribution in [-0.4, -0.2) is 90.5 Å². The molecule has 3 aromatic rings. The summed E-state index contributed by atoms with van der Waals surface area (Å²) in [6, 6.07) is 13.3. The third-order valence-electron chi connectivity index (χ3n) is 9.49. The summed E-state index contributed by atoms with van der Waals surface area (Å²) in [5.74, 6) is 6.75. The van der Waals surface area contributed by atoms with Gasteiger partial charge in [0.1, 0.15) is 23.0 Å². The summed E-state index contributed by atoms with van der Waals surface area (Å²) >= 11 is 0. The van der Waals surface area contributed by atoms with Crippen LogP contribution in [0.1, 0.15) is 43.5 Å². The Morgan fingerprint density at radius 1 is 0.918 bits per heavy atom. The number of methoxy groups -OCH3 is 3. The molecule has 0 radical (unpaired) electrons. The summed E-state index contributed by atoms with van der Waals surface area (Å²) in [5, 5.41) is 14.6. The first kappa shape index (κ1) is 36.4. The molecule has 1 saturated heterocycles. The Morgan fingerprint density at radius 2 is 1.57 bits per heavy atom. The molecule has 2 aliphatic rings. The van der Waals surface area contributed by atoms with E-state index in [0.29, 0.717) is 34.4 Å². The second kappa shape index (κ2) is 15.4. The second-order valence-corrected chi connectivity index (χ2v) is 14.6. The second-order valence-electron chi connectivity index (χ2n) is 12.6. The van der Waals surface area contributed by atoms with Gasteiger partial charge in [-0.15, -0.1) is 0 Å². The minimum atomic E-state index is -4.30. The molecule has 1 fully saturated rings. The quantitative estimate of drug-likeness (QED) is 0.247. The van der Waals surface area contributed by atoms with Crippen molar-refractivity contribution in [1.82, 2.24) is 14.9 Å². The highest BCUT2D eigenvalue weighted by molar-refractivity contribution is 7.92. The van der Waals surface area contributed by atoms with Gasteiger partial charge in [0.15, 0.2) is 11.5 Å². The number of ether oxygens (including phenoxy) is 4. The number of rotatable bonds is 11. The third-order valence-corrected chi connectivity index (χ3v) is 12.1. The Balaban J connectivity index is 1.21. The molecule has 2 aliphatic heterocycles. The van der Waals surface area contributed by atoms with Gasteiger partial charge in [-0.05, 0) is 66.8 Å². The lowest BCUT2D eigenvalue weighted by atomic mass is 9.91. The van der Waals surface area contributed by atoms with E-state index in [4.69, 9.17) is 18.9 Å². The monoisotopic (exact) mass is 694 g/mol. The minimum Gasteiger partial charge on any atom is -0.783 e. The van der Waals surface area contributed by atoms with Crippen molar-refractivity contribution in [3.8, 4) is 34.8 Å². The van der Waals surface area contributed by atoms with Crippen LogP contribution in [0, 0.1) is 28.8 Å². The largest absolute Gasteiger partial charge is 0.783 e. The lowest BCUT2D eigenvalue weighted by Gasteiger charge is -2.56. The van der Waals surface area contributed by atoms with Crippen LogP contribution in [0.25, 0.3) is 0 Å². The summed E-state index contributed by atoms with van der Waals surface area (Å²) in [6.07, 6.45) is 0.841. The number of hydroxylamine groups is 2. The smallest absolute Gasteiger partial charge is 0.203 e. The first-order chi connectivity index (χ1) is 23.5. The number of halogens is 1. The molecule has 5 rings (SSSR count). The fourth-order valence-corrected chi connectivity index (χ4v) is 9.49. The molecule has 0 amide bonds. The van der Waals surface area contributed by atoms with Crippen molar-refractivity contribution < 1.29 is 31.8 Å². The molecular formula is C37H45FN3O7S-. The van der Waals surface area contributed by atoms with Crippen molar-refractivity contribution in [3.63, 3.8) is 0 Å². The maximum Gasteiger partial charge on any atom is 0.203 e. The highest BCUT2D eigenvalue weighted by Gasteiger charge is 2.56. The number of benzene rings is 3. The van der Waals surface area contributed by atoms with Crippen LogP contribution < -0.4 is 18.9 Å². The number of nitrogens with zero attached hydrogens (tertiary/aromatic N) is 3. The van der Waals surface area contributed by atoms with Crippen LogP contribution in [0.2, 0.25) is 0 Å². The first-order valence-electron chi connectivity index (χ1n) is 16.4. The summed E-state index contributed by atoms with van der Waals surface area (Å²) in [4.78, 5) is 2.65. The molecule has 2 heterocycles. The standard InChI is InChI=1S/C37H45FN3O7S/c1-26(2)37(41(42)27(3)30-11-7-8-12-35(30)49(37,43)44)31-25-29(38)13-14-32(31)48-22-10-9-16-39-18-20-40(21-19-39)17-15-28-23-33(45-4)36(47-6)34(24-28)46-5/h7-8,11-14,23-27H,15-22H2,1-6H3/q-1.